The number of piperidine rings is 1. The van der Waals surface area contributed by atoms with Crippen molar-refractivity contribution < 1.29 is 8.42 Å². The average Bonchev–Trinajstić information content (AvgIpc) is 3.16. The lowest BCUT2D eigenvalue weighted by Crippen LogP contribution is -2.35. The molecule has 0 spiro atoms. The number of nitrogens with zero attached hydrogens (tertiary/aromatic N) is 5. The summed E-state index contributed by atoms with van der Waals surface area (Å²) in [5, 5.41) is 19.5. The van der Waals surface area contributed by atoms with Crippen molar-refractivity contribution in [1.29, 1.82) is 0 Å². The maximum Gasteiger partial charge on any atom is 0.240 e. The molecule has 1 aromatic heterocycles. The Hall–Kier alpha value is -2.02. The highest BCUT2D eigenvalue weighted by molar-refractivity contribution is 7.99. The third-order valence-electron chi connectivity index (χ3n) is 4.65. The van der Waals surface area contributed by atoms with Gasteiger partial charge in [0.1, 0.15) is 4.90 Å². The number of aromatic amines is 1. The van der Waals surface area contributed by atoms with Gasteiger partial charge in [-0.15, -0.1) is 10.2 Å². The number of primary sulfonamides is 1. The molecule has 0 radical (unpaired) electrons. The van der Waals surface area contributed by atoms with Crippen molar-refractivity contribution in [3.8, 4) is 11.4 Å². The normalized spacial score (nSPS) is 15.9. The Morgan fingerprint density at radius 3 is 2.67 bits per heavy atom. The number of anilines is 1. The molecule has 5 N–H and O–H groups in total. The van der Waals surface area contributed by atoms with Gasteiger partial charge < -0.3 is 10.6 Å². The minimum Gasteiger partial charge on any atom is -0.371 e. The van der Waals surface area contributed by atoms with E-state index in [1.54, 1.807) is 6.07 Å². The Labute approximate surface area is 162 Å². The lowest BCUT2D eigenvalue weighted by atomic mass is 9.93. The van der Waals surface area contributed by atoms with Gasteiger partial charge in [0.25, 0.3) is 0 Å². The summed E-state index contributed by atoms with van der Waals surface area (Å²) < 4.78 is 28.5. The van der Waals surface area contributed by atoms with Crippen LogP contribution in [0.2, 0.25) is 0 Å². The molecule has 2 heterocycles. The summed E-state index contributed by atoms with van der Waals surface area (Å²) in [7, 11) is -4.07. The number of tetrazole rings is 1. The predicted octanol–water partition coefficient (Wildman–Crippen LogP) is 0.787. The number of sulfonamides is 1. The molecule has 0 unspecified atom stereocenters. The van der Waals surface area contributed by atoms with Crippen LogP contribution in [-0.2, 0) is 10.0 Å². The van der Waals surface area contributed by atoms with Gasteiger partial charge in [0, 0.05) is 30.7 Å². The maximum absolute atomic E-state index is 12.4. The fourth-order valence-electron chi connectivity index (χ4n) is 3.42. The third kappa shape index (κ3) is 4.29. The van der Waals surface area contributed by atoms with Crippen LogP contribution in [0.3, 0.4) is 0 Å². The van der Waals surface area contributed by atoms with Gasteiger partial charge in [-0.2, -0.15) is 5.21 Å². The van der Waals surface area contributed by atoms with Crippen molar-refractivity contribution in [1.82, 2.24) is 20.6 Å². The van der Waals surface area contributed by atoms with Crippen LogP contribution in [0, 0.1) is 5.92 Å². The molecule has 2 aromatic rings. The van der Waals surface area contributed by atoms with Gasteiger partial charge in [-0.3, -0.25) is 0 Å². The molecular weight excluding hydrogens is 388 g/mol. The summed E-state index contributed by atoms with van der Waals surface area (Å²) in [5.41, 5.74) is 6.71. The summed E-state index contributed by atoms with van der Waals surface area (Å²) in [6.45, 7) is 5.66. The first-order valence-electron chi connectivity index (χ1n) is 8.47. The summed E-state index contributed by atoms with van der Waals surface area (Å²) in [6.07, 6.45) is 2.96. The summed E-state index contributed by atoms with van der Waals surface area (Å²) >= 11 is 0.939. The molecule has 27 heavy (non-hydrogen) atoms. The van der Waals surface area contributed by atoms with Gasteiger partial charge in [-0.25, -0.2) is 18.0 Å². The Bertz CT molecular complexity index is 893. The third-order valence-corrected chi connectivity index (χ3v) is 6.43. The molecule has 1 fully saturated rings. The van der Waals surface area contributed by atoms with E-state index in [1.165, 1.54) is 0 Å². The van der Waals surface area contributed by atoms with Crippen molar-refractivity contribution in [2.24, 2.45) is 21.2 Å². The Morgan fingerprint density at radius 2 is 2.11 bits per heavy atom. The molecule has 1 aliphatic rings. The zero-order chi connectivity index (χ0) is 19.4. The zero-order valence-corrected chi connectivity index (χ0v) is 16.3. The van der Waals surface area contributed by atoms with E-state index in [0.29, 0.717) is 28.6 Å². The average molecular weight is 411 g/mol. The Morgan fingerprint density at radius 1 is 1.37 bits per heavy atom. The topological polar surface area (TPSA) is 156 Å². The number of H-pyrrole nitrogens is 1. The van der Waals surface area contributed by atoms with Crippen molar-refractivity contribution in [2.45, 2.75) is 29.1 Å². The Balaban J connectivity index is 2.11. The summed E-state index contributed by atoms with van der Waals surface area (Å²) in [4.78, 5) is 2.43. The molecule has 1 aromatic carbocycles. The van der Waals surface area contributed by atoms with Crippen LogP contribution in [0.4, 0.5) is 5.69 Å². The zero-order valence-electron chi connectivity index (χ0n) is 14.7. The van der Waals surface area contributed by atoms with Crippen molar-refractivity contribution >= 4 is 34.4 Å². The minimum absolute atomic E-state index is 0.0668. The predicted molar refractivity (Wildman–Crippen MR) is 105 cm³/mol. The van der Waals surface area contributed by atoms with Crippen LogP contribution in [0.1, 0.15) is 19.3 Å². The van der Waals surface area contributed by atoms with E-state index in [9.17, 15) is 8.42 Å². The van der Waals surface area contributed by atoms with Crippen molar-refractivity contribution in [3.63, 3.8) is 0 Å². The SMILES string of the molecule is C=NSc1ccc(N2CCC(CCN)CC2)c(-c2nn[nH]n2)c1S(N)(=O)=O. The molecule has 0 amide bonds. The van der Waals surface area contributed by atoms with Crippen LogP contribution in [0.25, 0.3) is 11.4 Å². The van der Waals surface area contributed by atoms with E-state index in [0.717, 1.165) is 44.3 Å². The first-order chi connectivity index (χ1) is 13.0. The highest BCUT2D eigenvalue weighted by atomic mass is 32.2. The number of hydrogen-bond donors (Lipinski definition) is 3. The minimum atomic E-state index is -4.07. The number of aromatic nitrogens is 4. The highest BCUT2D eigenvalue weighted by Gasteiger charge is 2.29. The second-order valence-corrected chi connectivity index (χ2v) is 8.67. The molecule has 1 saturated heterocycles. The Kier molecular flexibility index (Phi) is 6.09. The molecule has 0 saturated carbocycles. The first-order valence-corrected chi connectivity index (χ1v) is 10.8. The smallest absolute Gasteiger partial charge is 0.240 e. The monoisotopic (exact) mass is 410 g/mol. The number of benzene rings is 1. The number of nitrogens with two attached hydrogens (primary N) is 2. The van der Waals surface area contributed by atoms with E-state index in [2.05, 4.69) is 36.6 Å². The molecule has 3 rings (SSSR count). The van der Waals surface area contributed by atoms with Gasteiger partial charge in [-0.05, 0) is 55.8 Å². The van der Waals surface area contributed by atoms with Gasteiger partial charge in [-0.1, -0.05) is 0 Å². The molecule has 0 aliphatic carbocycles. The molecule has 12 heteroatoms. The standard InChI is InChI=1S/C15H22N8O2S2/c1-18-26-12-3-2-11(23-8-5-10(4-7-16)6-9-23)13(14(12)27(17,24)25)15-19-21-22-20-15/h2-3,10H,1,4-9,16H2,(H2,17,24,25)(H,19,20,21,22). The number of rotatable bonds is 7. The fraction of sp³-hybridized carbons (Fsp3) is 0.467. The largest absolute Gasteiger partial charge is 0.371 e. The van der Waals surface area contributed by atoms with E-state index in [4.69, 9.17) is 10.9 Å². The van der Waals surface area contributed by atoms with Gasteiger partial charge in [0.15, 0.2) is 0 Å². The van der Waals surface area contributed by atoms with Crippen LogP contribution in [0.5, 0.6) is 0 Å². The molecule has 0 bridgehead atoms. The van der Waals surface area contributed by atoms with E-state index in [-0.39, 0.29) is 10.7 Å². The number of nitrogens with one attached hydrogen (secondary N) is 1. The summed E-state index contributed by atoms with van der Waals surface area (Å²) in [6, 6.07) is 3.53. The van der Waals surface area contributed by atoms with Gasteiger partial charge in [0.05, 0.1) is 10.5 Å². The summed E-state index contributed by atoms with van der Waals surface area (Å²) in [5.74, 6) is 0.752. The molecule has 1 aliphatic heterocycles. The van der Waals surface area contributed by atoms with E-state index >= 15 is 0 Å². The second-order valence-electron chi connectivity index (χ2n) is 6.30. The lowest BCUT2D eigenvalue weighted by molar-refractivity contribution is 0.386. The van der Waals surface area contributed by atoms with Crippen LogP contribution in [-0.4, -0.2) is 55.4 Å². The highest BCUT2D eigenvalue weighted by Crippen LogP contribution is 2.41. The molecule has 0 atom stereocenters. The van der Waals surface area contributed by atoms with Crippen LogP contribution >= 0.6 is 11.9 Å². The van der Waals surface area contributed by atoms with E-state index in [1.807, 2.05) is 6.07 Å². The van der Waals surface area contributed by atoms with Crippen LogP contribution in [0.15, 0.2) is 26.3 Å². The lowest BCUT2D eigenvalue weighted by Gasteiger charge is -2.35. The van der Waals surface area contributed by atoms with Crippen LogP contribution < -0.4 is 15.8 Å². The van der Waals surface area contributed by atoms with Gasteiger partial charge in [0.2, 0.25) is 15.8 Å². The molecule has 10 nitrogen and oxygen atoms in total. The van der Waals surface area contributed by atoms with Crippen molar-refractivity contribution in [2.75, 3.05) is 24.5 Å². The quantitative estimate of drug-likeness (QED) is 0.446. The number of hydrogen-bond acceptors (Lipinski definition) is 9. The van der Waals surface area contributed by atoms with E-state index < -0.39 is 10.0 Å². The first kappa shape index (κ1) is 19.7. The molecule has 146 valence electrons. The maximum atomic E-state index is 12.4. The van der Waals surface area contributed by atoms with Crippen molar-refractivity contribution in [3.05, 3.63) is 12.1 Å². The second kappa shape index (κ2) is 8.33. The molecular formula is C15H22N8O2S2. The fourth-order valence-corrected chi connectivity index (χ4v) is 5.16. The van der Waals surface area contributed by atoms with Gasteiger partial charge >= 0.3 is 0 Å².